The molecule has 0 aromatic carbocycles. The number of nitrogens with one attached hydrogen (secondary N) is 1. The normalized spacial score (nSPS) is 14.3. The lowest BCUT2D eigenvalue weighted by Crippen LogP contribution is -2.33. The van der Waals surface area contributed by atoms with E-state index in [1.165, 1.54) is 6.26 Å². The van der Waals surface area contributed by atoms with E-state index in [-0.39, 0.29) is 18.4 Å². The highest BCUT2D eigenvalue weighted by Crippen LogP contribution is 2.12. The highest BCUT2D eigenvalue weighted by atomic mass is 16.5. The van der Waals surface area contributed by atoms with Gasteiger partial charge in [0, 0.05) is 19.6 Å². The van der Waals surface area contributed by atoms with Crippen molar-refractivity contribution in [2.75, 3.05) is 20.3 Å². The monoisotopic (exact) mass is 241 g/mol. The summed E-state index contributed by atoms with van der Waals surface area (Å²) in [5.41, 5.74) is 0. The van der Waals surface area contributed by atoms with Crippen molar-refractivity contribution in [3.8, 4) is 0 Å². The highest BCUT2D eigenvalue weighted by molar-refractivity contribution is 5.78. The van der Waals surface area contributed by atoms with Gasteiger partial charge in [0.25, 0.3) is 0 Å². The average molecular weight is 241 g/mol. The third-order valence-corrected chi connectivity index (χ3v) is 2.54. The van der Waals surface area contributed by atoms with Crippen LogP contribution in [0.1, 0.15) is 25.2 Å². The molecular weight excluding hydrogens is 222 g/mol. The summed E-state index contributed by atoms with van der Waals surface area (Å²) in [6, 6.07) is 3.37. The molecule has 0 saturated carbocycles. The van der Waals surface area contributed by atoms with E-state index in [2.05, 4.69) is 5.32 Å². The Labute approximate surface area is 101 Å². The standard InChI is InChI=1S/C12H19NO4/c1-9(5-7-16-2)12(15)13-8-10(14)11-4-3-6-17-11/h3-4,6,9-10,14H,5,7-8H2,1-2H3,(H,13,15). The fourth-order valence-electron chi connectivity index (χ4n) is 1.38. The van der Waals surface area contributed by atoms with Crippen molar-refractivity contribution in [2.45, 2.75) is 19.4 Å². The quantitative estimate of drug-likeness (QED) is 0.750. The number of rotatable bonds is 7. The smallest absolute Gasteiger partial charge is 0.223 e. The molecule has 1 heterocycles. The molecular formula is C12H19NO4. The van der Waals surface area contributed by atoms with Gasteiger partial charge in [-0.1, -0.05) is 6.92 Å². The molecule has 0 radical (unpaired) electrons. The molecule has 1 amide bonds. The zero-order chi connectivity index (χ0) is 12.7. The lowest BCUT2D eigenvalue weighted by molar-refractivity contribution is -0.125. The molecule has 0 aliphatic carbocycles. The van der Waals surface area contributed by atoms with Gasteiger partial charge in [0.05, 0.1) is 12.8 Å². The average Bonchev–Trinajstić information content (AvgIpc) is 2.86. The van der Waals surface area contributed by atoms with Gasteiger partial charge in [0.15, 0.2) is 0 Å². The maximum absolute atomic E-state index is 11.6. The molecule has 0 aliphatic heterocycles. The Hall–Kier alpha value is -1.33. The minimum Gasteiger partial charge on any atom is -0.467 e. The van der Waals surface area contributed by atoms with Crippen molar-refractivity contribution in [1.29, 1.82) is 0 Å². The molecule has 2 N–H and O–H groups in total. The van der Waals surface area contributed by atoms with Gasteiger partial charge in [0.2, 0.25) is 5.91 Å². The fourth-order valence-corrected chi connectivity index (χ4v) is 1.38. The summed E-state index contributed by atoms with van der Waals surface area (Å²) in [5, 5.41) is 12.4. The molecule has 0 aliphatic rings. The van der Waals surface area contributed by atoms with Crippen molar-refractivity contribution in [3.05, 3.63) is 24.2 Å². The lowest BCUT2D eigenvalue weighted by Gasteiger charge is -2.13. The Morgan fingerprint density at radius 1 is 1.65 bits per heavy atom. The number of amides is 1. The first-order valence-electron chi connectivity index (χ1n) is 5.63. The minimum atomic E-state index is -0.802. The molecule has 0 fully saturated rings. The first-order chi connectivity index (χ1) is 8.15. The van der Waals surface area contributed by atoms with Crippen LogP contribution in [-0.2, 0) is 9.53 Å². The van der Waals surface area contributed by atoms with Crippen LogP contribution < -0.4 is 5.32 Å². The summed E-state index contributed by atoms with van der Waals surface area (Å²) in [5.74, 6) is 0.237. The maximum atomic E-state index is 11.6. The Kier molecular flexibility index (Phi) is 5.72. The van der Waals surface area contributed by atoms with Crippen molar-refractivity contribution >= 4 is 5.91 Å². The highest BCUT2D eigenvalue weighted by Gasteiger charge is 2.15. The largest absolute Gasteiger partial charge is 0.467 e. The number of ether oxygens (including phenoxy) is 1. The molecule has 1 aromatic heterocycles. The van der Waals surface area contributed by atoms with E-state index >= 15 is 0 Å². The Balaban J connectivity index is 2.28. The van der Waals surface area contributed by atoms with Gasteiger partial charge in [-0.05, 0) is 18.6 Å². The molecule has 2 unspecified atom stereocenters. The number of methoxy groups -OCH3 is 1. The molecule has 17 heavy (non-hydrogen) atoms. The second-order valence-electron chi connectivity index (χ2n) is 3.96. The van der Waals surface area contributed by atoms with Crippen LogP contribution in [-0.4, -0.2) is 31.3 Å². The Morgan fingerprint density at radius 3 is 3.00 bits per heavy atom. The first kappa shape index (κ1) is 13.7. The maximum Gasteiger partial charge on any atom is 0.223 e. The van der Waals surface area contributed by atoms with Crippen LogP contribution in [0.15, 0.2) is 22.8 Å². The summed E-state index contributed by atoms with van der Waals surface area (Å²) >= 11 is 0. The van der Waals surface area contributed by atoms with Gasteiger partial charge in [-0.25, -0.2) is 0 Å². The van der Waals surface area contributed by atoms with Gasteiger partial charge in [0.1, 0.15) is 11.9 Å². The van der Waals surface area contributed by atoms with Crippen LogP contribution in [0, 0.1) is 5.92 Å². The molecule has 5 heteroatoms. The van der Waals surface area contributed by atoms with Crippen LogP contribution in [0.4, 0.5) is 0 Å². The van der Waals surface area contributed by atoms with E-state index < -0.39 is 6.10 Å². The number of hydrogen-bond donors (Lipinski definition) is 2. The third-order valence-electron chi connectivity index (χ3n) is 2.54. The summed E-state index contributed by atoms with van der Waals surface area (Å²) in [7, 11) is 1.60. The zero-order valence-electron chi connectivity index (χ0n) is 10.2. The SMILES string of the molecule is COCCC(C)C(=O)NCC(O)c1ccco1. The van der Waals surface area contributed by atoms with Crippen LogP contribution >= 0.6 is 0 Å². The van der Waals surface area contributed by atoms with E-state index in [4.69, 9.17) is 9.15 Å². The number of aliphatic hydroxyl groups excluding tert-OH is 1. The Bertz CT molecular complexity index is 323. The van der Waals surface area contributed by atoms with Crippen molar-refractivity contribution in [3.63, 3.8) is 0 Å². The number of carbonyl (C=O) groups is 1. The summed E-state index contributed by atoms with van der Waals surface area (Å²) in [6.45, 7) is 2.53. The molecule has 0 saturated heterocycles. The van der Waals surface area contributed by atoms with Crippen molar-refractivity contribution in [2.24, 2.45) is 5.92 Å². The van der Waals surface area contributed by atoms with E-state index in [1.54, 1.807) is 19.2 Å². The second-order valence-corrected chi connectivity index (χ2v) is 3.96. The summed E-state index contributed by atoms with van der Waals surface area (Å²) in [4.78, 5) is 11.6. The van der Waals surface area contributed by atoms with Crippen LogP contribution in [0.2, 0.25) is 0 Å². The third kappa shape index (κ3) is 4.58. The van der Waals surface area contributed by atoms with E-state index in [0.29, 0.717) is 18.8 Å². The number of furan rings is 1. The van der Waals surface area contributed by atoms with Crippen molar-refractivity contribution in [1.82, 2.24) is 5.32 Å². The Morgan fingerprint density at radius 2 is 2.41 bits per heavy atom. The molecule has 1 aromatic rings. The second kappa shape index (κ2) is 7.09. The van der Waals surface area contributed by atoms with Crippen LogP contribution in [0.5, 0.6) is 0 Å². The first-order valence-corrected chi connectivity index (χ1v) is 5.63. The fraction of sp³-hybridized carbons (Fsp3) is 0.583. The van der Waals surface area contributed by atoms with Crippen LogP contribution in [0.3, 0.4) is 0 Å². The van der Waals surface area contributed by atoms with Gasteiger partial charge >= 0.3 is 0 Å². The van der Waals surface area contributed by atoms with Gasteiger partial charge in [-0.2, -0.15) is 0 Å². The van der Waals surface area contributed by atoms with E-state index in [1.807, 2.05) is 6.92 Å². The minimum absolute atomic E-state index is 0.0901. The van der Waals surface area contributed by atoms with Gasteiger partial charge in [-0.3, -0.25) is 4.79 Å². The topological polar surface area (TPSA) is 71.7 Å². The summed E-state index contributed by atoms with van der Waals surface area (Å²) < 4.78 is 9.93. The molecule has 0 spiro atoms. The van der Waals surface area contributed by atoms with Gasteiger partial charge in [-0.15, -0.1) is 0 Å². The zero-order valence-corrected chi connectivity index (χ0v) is 10.2. The van der Waals surface area contributed by atoms with Crippen molar-refractivity contribution < 1.29 is 19.1 Å². The van der Waals surface area contributed by atoms with E-state index in [9.17, 15) is 9.90 Å². The predicted octanol–water partition coefficient (Wildman–Crippen LogP) is 1.10. The van der Waals surface area contributed by atoms with Crippen LogP contribution in [0.25, 0.3) is 0 Å². The molecule has 1 rings (SSSR count). The van der Waals surface area contributed by atoms with Gasteiger partial charge < -0.3 is 19.6 Å². The van der Waals surface area contributed by atoms with E-state index in [0.717, 1.165) is 0 Å². The number of hydrogen-bond acceptors (Lipinski definition) is 4. The number of aliphatic hydroxyl groups is 1. The molecule has 5 nitrogen and oxygen atoms in total. The predicted molar refractivity (Wildman–Crippen MR) is 62.3 cm³/mol. The molecule has 2 atom stereocenters. The molecule has 0 bridgehead atoms. The summed E-state index contributed by atoms with van der Waals surface area (Å²) in [6.07, 6.45) is 1.35. The molecule has 96 valence electrons. The number of carbonyl (C=O) groups excluding carboxylic acids is 1. The lowest BCUT2D eigenvalue weighted by atomic mass is 10.1.